The minimum Gasteiger partial charge on any atom is -0.393 e. The van der Waals surface area contributed by atoms with Crippen LogP contribution >= 0.6 is 0 Å². The molecule has 0 aromatic carbocycles. The van der Waals surface area contributed by atoms with Gasteiger partial charge in [-0.15, -0.1) is 0 Å². The van der Waals surface area contributed by atoms with E-state index < -0.39 is 0 Å². The average Bonchev–Trinajstić information content (AvgIpc) is 2.79. The Morgan fingerprint density at radius 2 is 1.75 bits per heavy atom. The van der Waals surface area contributed by atoms with Crippen molar-refractivity contribution in [3.05, 3.63) is 23.8 Å². The monoisotopic (exact) mass is 272 g/mol. The lowest BCUT2D eigenvalue weighted by Gasteiger charge is -2.28. The fourth-order valence-corrected chi connectivity index (χ4v) is 2.75. The Hall–Kier alpha value is -2.11. The SMILES string of the molecule is Cc1cc(C)n(-c2ncnc(N3CCCCC3)c2N)n1. The molecular formula is C14H20N6. The molecular weight excluding hydrogens is 252 g/mol. The first-order valence-corrected chi connectivity index (χ1v) is 7.06. The zero-order valence-corrected chi connectivity index (χ0v) is 12.0. The number of nitrogen functional groups attached to an aromatic ring is 1. The molecule has 1 saturated heterocycles. The summed E-state index contributed by atoms with van der Waals surface area (Å²) >= 11 is 0. The Labute approximate surface area is 118 Å². The molecule has 2 aromatic heterocycles. The summed E-state index contributed by atoms with van der Waals surface area (Å²) in [7, 11) is 0. The summed E-state index contributed by atoms with van der Waals surface area (Å²) < 4.78 is 1.79. The van der Waals surface area contributed by atoms with Crippen LogP contribution in [0, 0.1) is 13.8 Å². The second-order valence-corrected chi connectivity index (χ2v) is 5.32. The van der Waals surface area contributed by atoms with Crippen molar-refractivity contribution in [3.8, 4) is 5.82 Å². The minimum absolute atomic E-state index is 0.612. The molecule has 6 heteroatoms. The van der Waals surface area contributed by atoms with Crippen LogP contribution in [0.1, 0.15) is 30.7 Å². The van der Waals surface area contributed by atoms with Crippen molar-refractivity contribution in [1.82, 2.24) is 19.7 Å². The largest absolute Gasteiger partial charge is 0.393 e. The van der Waals surface area contributed by atoms with Crippen molar-refractivity contribution in [3.63, 3.8) is 0 Å². The van der Waals surface area contributed by atoms with Crippen molar-refractivity contribution < 1.29 is 0 Å². The van der Waals surface area contributed by atoms with E-state index in [4.69, 9.17) is 5.73 Å². The van der Waals surface area contributed by atoms with Gasteiger partial charge in [-0.1, -0.05) is 0 Å². The van der Waals surface area contributed by atoms with Crippen molar-refractivity contribution >= 4 is 11.5 Å². The molecule has 1 fully saturated rings. The number of hydrogen-bond donors (Lipinski definition) is 1. The summed E-state index contributed by atoms with van der Waals surface area (Å²) in [6.45, 7) is 5.99. The van der Waals surface area contributed by atoms with Gasteiger partial charge in [0.15, 0.2) is 11.6 Å². The van der Waals surface area contributed by atoms with Crippen molar-refractivity contribution in [1.29, 1.82) is 0 Å². The Bertz CT molecular complexity index is 612. The molecule has 6 nitrogen and oxygen atoms in total. The lowest BCUT2D eigenvalue weighted by Crippen LogP contribution is -2.31. The van der Waals surface area contributed by atoms with Gasteiger partial charge in [0.1, 0.15) is 12.0 Å². The van der Waals surface area contributed by atoms with Gasteiger partial charge in [-0.25, -0.2) is 14.6 Å². The van der Waals surface area contributed by atoms with Crippen molar-refractivity contribution in [2.75, 3.05) is 23.7 Å². The first-order valence-electron chi connectivity index (χ1n) is 7.06. The third-order valence-corrected chi connectivity index (χ3v) is 3.71. The Morgan fingerprint density at radius 3 is 2.40 bits per heavy atom. The summed E-state index contributed by atoms with van der Waals surface area (Å²) in [4.78, 5) is 10.9. The maximum absolute atomic E-state index is 6.30. The lowest BCUT2D eigenvalue weighted by molar-refractivity contribution is 0.573. The zero-order valence-electron chi connectivity index (χ0n) is 12.0. The molecule has 106 valence electrons. The Balaban J connectivity index is 2.02. The molecule has 0 atom stereocenters. The maximum Gasteiger partial charge on any atom is 0.182 e. The van der Waals surface area contributed by atoms with Crippen LogP contribution in [0.15, 0.2) is 12.4 Å². The van der Waals surface area contributed by atoms with Gasteiger partial charge in [0.2, 0.25) is 0 Å². The smallest absolute Gasteiger partial charge is 0.182 e. The molecule has 20 heavy (non-hydrogen) atoms. The van der Waals surface area contributed by atoms with Gasteiger partial charge >= 0.3 is 0 Å². The quantitative estimate of drug-likeness (QED) is 0.903. The van der Waals surface area contributed by atoms with E-state index >= 15 is 0 Å². The van der Waals surface area contributed by atoms with E-state index in [9.17, 15) is 0 Å². The van der Waals surface area contributed by atoms with E-state index in [2.05, 4.69) is 20.0 Å². The van der Waals surface area contributed by atoms with Crippen LogP contribution in [0.5, 0.6) is 0 Å². The number of hydrogen-bond acceptors (Lipinski definition) is 5. The summed E-state index contributed by atoms with van der Waals surface area (Å²) in [6, 6.07) is 2.02. The number of nitrogens with zero attached hydrogens (tertiary/aromatic N) is 5. The third kappa shape index (κ3) is 2.21. The number of piperidine rings is 1. The summed E-state index contributed by atoms with van der Waals surface area (Å²) in [5.41, 5.74) is 8.89. The number of anilines is 2. The number of rotatable bonds is 2. The Kier molecular flexibility index (Phi) is 3.30. The van der Waals surface area contributed by atoms with Crippen molar-refractivity contribution in [2.24, 2.45) is 0 Å². The van der Waals surface area contributed by atoms with Gasteiger partial charge in [0, 0.05) is 18.8 Å². The molecule has 0 radical (unpaired) electrons. The van der Waals surface area contributed by atoms with Gasteiger partial charge in [-0.2, -0.15) is 5.10 Å². The predicted molar refractivity (Wildman–Crippen MR) is 79.1 cm³/mol. The number of aromatic nitrogens is 4. The van der Waals surface area contributed by atoms with Crippen LogP contribution in [-0.2, 0) is 0 Å². The summed E-state index contributed by atoms with van der Waals surface area (Å²) in [5, 5.41) is 4.46. The van der Waals surface area contributed by atoms with Crippen LogP contribution < -0.4 is 10.6 Å². The summed E-state index contributed by atoms with van der Waals surface area (Å²) in [5.74, 6) is 1.51. The Morgan fingerprint density at radius 1 is 1.05 bits per heavy atom. The number of nitrogens with two attached hydrogens (primary N) is 1. The molecule has 1 aliphatic rings. The topological polar surface area (TPSA) is 72.9 Å². The first kappa shape index (κ1) is 12.9. The van der Waals surface area contributed by atoms with Gasteiger partial charge < -0.3 is 10.6 Å². The molecule has 3 rings (SSSR count). The third-order valence-electron chi connectivity index (χ3n) is 3.71. The first-order chi connectivity index (χ1) is 9.66. The highest BCUT2D eigenvalue weighted by molar-refractivity contribution is 5.70. The minimum atomic E-state index is 0.612. The molecule has 0 bridgehead atoms. The van der Waals surface area contributed by atoms with Crippen LogP contribution in [0.4, 0.5) is 11.5 Å². The zero-order chi connectivity index (χ0) is 14.1. The normalized spacial score (nSPS) is 15.6. The predicted octanol–water partition coefficient (Wildman–Crippen LogP) is 1.85. The molecule has 0 unspecified atom stereocenters. The summed E-state index contributed by atoms with van der Waals surface area (Å²) in [6.07, 6.45) is 5.25. The van der Waals surface area contributed by atoms with E-state index in [1.165, 1.54) is 19.3 Å². The van der Waals surface area contributed by atoms with Gasteiger partial charge in [-0.05, 0) is 39.2 Å². The van der Waals surface area contributed by atoms with E-state index in [1.54, 1.807) is 11.0 Å². The molecule has 0 spiro atoms. The van der Waals surface area contributed by atoms with E-state index in [0.717, 1.165) is 30.3 Å². The molecule has 0 aliphatic carbocycles. The average molecular weight is 272 g/mol. The highest BCUT2D eigenvalue weighted by Gasteiger charge is 2.19. The van der Waals surface area contributed by atoms with Gasteiger partial charge in [-0.3, -0.25) is 0 Å². The lowest BCUT2D eigenvalue weighted by atomic mass is 10.1. The second-order valence-electron chi connectivity index (χ2n) is 5.32. The highest BCUT2D eigenvalue weighted by Crippen LogP contribution is 2.27. The molecule has 0 amide bonds. The van der Waals surface area contributed by atoms with E-state index in [-0.39, 0.29) is 0 Å². The van der Waals surface area contributed by atoms with Crippen molar-refractivity contribution in [2.45, 2.75) is 33.1 Å². The fraction of sp³-hybridized carbons (Fsp3) is 0.500. The van der Waals surface area contributed by atoms with Crippen LogP contribution in [-0.4, -0.2) is 32.8 Å². The highest BCUT2D eigenvalue weighted by atomic mass is 15.3. The van der Waals surface area contributed by atoms with Crippen LogP contribution in [0.25, 0.3) is 5.82 Å². The van der Waals surface area contributed by atoms with Gasteiger partial charge in [0.05, 0.1) is 5.69 Å². The van der Waals surface area contributed by atoms with Gasteiger partial charge in [0.25, 0.3) is 0 Å². The second kappa shape index (κ2) is 5.11. The molecule has 2 N–H and O–H groups in total. The van der Waals surface area contributed by atoms with Crippen LogP contribution in [0.2, 0.25) is 0 Å². The van der Waals surface area contributed by atoms with Crippen LogP contribution in [0.3, 0.4) is 0 Å². The molecule has 3 heterocycles. The molecule has 0 saturated carbocycles. The van der Waals surface area contributed by atoms with E-state index in [1.807, 2.05) is 19.9 Å². The molecule has 1 aliphatic heterocycles. The molecule has 2 aromatic rings. The number of aryl methyl sites for hydroxylation is 2. The standard InChI is InChI=1S/C14H20N6/c1-10-8-11(2)20(18-10)14-12(15)13(16-9-17-14)19-6-4-3-5-7-19/h8-9H,3-7,15H2,1-2H3. The van der Waals surface area contributed by atoms with E-state index in [0.29, 0.717) is 11.5 Å². The maximum atomic E-state index is 6.30. The fourth-order valence-electron chi connectivity index (χ4n) is 2.75.